The molecule has 1 aromatic carbocycles. The summed E-state index contributed by atoms with van der Waals surface area (Å²) in [4.78, 5) is 36.6. The third-order valence-corrected chi connectivity index (χ3v) is 4.49. The van der Waals surface area contributed by atoms with Crippen molar-refractivity contribution in [3.63, 3.8) is 0 Å². The molecule has 1 amide bonds. The molecule has 26 heavy (non-hydrogen) atoms. The molecule has 0 unspecified atom stereocenters. The second-order valence-electron chi connectivity index (χ2n) is 7.87. The first-order valence-corrected chi connectivity index (χ1v) is 8.87. The predicted octanol–water partition coefficient (Wildman–Crippen LogP) is 3.24. The van der Waals surface area contributed by atoms with Gasteiger partial charge < -0.3 is 14.8 Å². The van der Waals surface area contributed by atoms with E-state index < -0.39 is 11.4 Å². The highest BCUT2D eigenvalue weighted by Crippen LogP contribution is 2.42. The maximum Gasteiger partial charge on any atom is 0.337 e. The monoisotopic (exact) mass is 361 g/mol. The fourth-order valence-corrected chi connectivity index (χ4v) is 3.27. The Morgan fingerprint density at radius 2 is 1.65 bits per heavy atom. The van der Waals surface area contributed by atoms with Gasteiger partial charge >= 0.3 is 11.9 Å². The smallest absolute Gasteiger partial charge is 0.337 e. The summed E-state index contributed by atoms with van der Waals surface area (Å²) in [5.74, 6) is -0.624. The fraction of sp³-hybridized carbons (Fsp3) is 0.550. The largest absolute Gasteiger partial charge is 0.465 e. The minimum absolute atomic E-state index is 0.128. The molecule has 1 N–H and O–H groups in total. The number of amides is 1. The van der Waals surface area contributed by atoms with Gasteiger partial charge in [0.15, 0.2) is 0 Å². The molecule has 1 aliphatic carbocycles. The molecular formula is C20H27NO5. The Labute approximate surface area is 154 Å². The Bertz CT molecular complexity index is 666. The summed E-state index contributed by atoms with van der Waals surface area (Å²) in [6.07, 6.45) is 3.22. The molecule has 1 saturated carbocycles. The van der Waals surface area contributed by atoms with Crippen LogP contribution in [-0.2, 0) is 14.3 Å². The van der Waals surface area contributed by atoms with Gasteiger partial charge in [-0.3, -0.25) is 9.59 Å². The summed E-state index contributed by atoms with van der Waals surface area (Å²) in [7, 11) is 1.31. The first kappa shape index (κ1) is 19.9. The maximum atomic E-state index is 12.8. The maximum absolute atomic E-state index is 12.8. The summed E-state index contributed by atoms with van der Waals surface area (Å²) < 4.78 is 10.2. The van der Waals surface area contributed by atoms with Crippen molar-refractivity contribution in [1.82, 2.24) is 5.32 Å². The highest BCUT2D eigenvalue weighted by molar-refractivity contribution is 5.90. The molecule has 0 spiro atoms. The Balaban J connectivity index is 2.08. The fourth-order valence-electron chi connectivity index (χ4n) is 3.27. The molecule has 0 bridgehead atoms. The van der Waals surface area contributed by atoms with Crippen LogP contribution >= 0.6 is 0 Å². The number of methoxy groups -OCH3 is 1. The summed E-state index contributed by atoms with van der Waals surface area (Å²) >= 11 is 0. The van der Waals surface area contributed by atoms with E-state index >= 15 is 0 Å². The van der Waals surface area contributed by atoms with Crippen molar-refractivity contribution in [3.05, 3.63) is 29.8 Å². The van der Waals surface area contributed by atoms with Crippen LogP contribution in [0.4, 0.5) is 0 Å². The van der Waals surface area contributed by atoms with Crippen molar-refractivity contribution < 1.29 is 23.9 Å². The summed E-state index contributed by atoms with van der Waals surface area (Å²) in [6.45, 7) is 5.73. The number of hydrogen-bond acceptors (Lipinski definition) is 5. The average Bonchev–Trinajstić information content (AvgIpc) is 3.02. The van der Waals surface area contributed by atoms with Crippen molar-refractivity contribution in [2.45, 2.75) is 58.4 Å². The number of hydrogen-bond donors (Lipinski definition) is 1. The minimum Gasteiger partial charge on any atom is -0.465 e. The number of rotatable bonds is 5. The second kappa shape index (κ2) is 7.89. The van der Waals surface area contributed by atoms with E-state index in [1.165, 1.54) is 7.11 Å². The number of carbonyl (C=O) groups is 3. The lowest BCUT2D eigenvalue weighted by Gasteiger charge is -2.28. The van der Waals surface area contributed by atoms with Crippen molar-refractivity contribution in [3.8, 4) is 5.75 Å². The van der Waals surface area contributed by atoms with Gasteiger partial charge in [0.25, 0.3) is 0 Å². The molecule has 0 aromatic heterocycles. The van der Waals surface area contributed by atoms with Gasteiger partial charge in [-0.25, -0.2) is 4.79 Å². The number of ether oxygens (including phenoxy) is 2. The number of carbonyl (C=O) groups excluding carboxylic acids is 3. The highest BCUT2D eigenvalue weighted by Gasteiger charge is 2.44. The second-order valence-corrected chi connectivity index (χ2v) is 7.87. The molecule has 0 aliphatic heterocycles. The summed E-state index contributed by atoms with van der Waals surface area (Å²) in [5.41, 5.74) is -0.742. The van der Waals surface area contributed by atoms with E-state index in [0.717, 1.165) is 12.8 Å². The van der Waals surface area contributed by atoms with Crippen LogP contribution in [0.5, 0.6) is 5.75 Å². The van der Waals surface area contributed by atoms with Crippen molar-refractivity contribution in [2.24, 2.45) is 5.41 Å². The lowest BCUT2D eigenvalue weighted by atomic mass is 9.82. The topological polar surface area (TPSA) is 81.7 Å². The third-order valence-electron chi connectivity index (χ3n) is 4.49. The first-order valence-electron chi connectivity index (χ1n) is 8.87. The molecule has 2 rings (SSSR count). The van der Waals surface area contributed by atoms with E-state index in [0.29, 0.717) is 24.2 Å². The van der Waals surface area contributed by atoms with Gasteiger partial charge in [0.1, 0.15) is 5.75 Å². The van der Waals surface area contributed by atoms with Crippen LogP contribution in [0.15, 0.2) is 24.3 Å². The molecule has 6 nitrogen and oxygen atoms in total. The highest BCUT2D eigenvalue weighted by atomic mass is 16.5. The molecule has 0 atom stereocenters. The molecule has 0 saturated heterocycles. The van der Waals surface area contributed by atoms with Gasteiger partial charge in [0.05, 0.1) is 18.1 Å². The lowest BCUT2D eigenvalue weighted by Crippen LogP contribution is -2.45. The molecule has 1 fully saturated rings. The molecular weight excluding hydrogens is 334 g/mol. The van der Waals surface area contributed by atoms with E-state index in [1.54, 1.807) is 24.3 Å². The molecule has 6 heteroatoms. The number of nitrogens with one attached hydrogen (secondary N) is 1. The van der Waals surface area contributed by atoms with E-state index in [4.69, 9.17) is 4.74 Å². The van der Waals surface area contributed by atoms with Crippen LogP contribution in [0.1, 0.15) is 63.2 Å². The van der Waals surface area contributed by atoms with Gasteiger partial charge in [-0.15, -0.1) is 0 Å². The van der Waals surface area contributed by atoms with Crippen LogP contribution in [-0.4, -0.2) is 30.5 Å². The van der Waals surface area contributed by atoms with Crippen LogP contribution in [0.2, 0.25) is 0 Å². The number of benzene rings is 1. The zero-order valence-electron chi connectivity index (χ0n) is 15.9. The zero-order chi connectivity index (χ0) is 19.4. The Kier molecular flexibility index (Phi) is 6.05. The van der Waals surface area contributed by atoms with Crippen LogP contribution in [0.25, 0.3) is 0 Å². The van der Waals surface area contributed by atoms with Crippen LogP contribution in [0.3, 0.4) is 0 Å². The van der Waals surface area contributed by atoms with Crippen molar-refractivity contribution in [2.75, 3.05) is 7.11 Å². The van der Waals surface area contributed by atoms with Gasteiger partial charge in [-0.05, 0) is 57.9 Å². The molecule has 142 valence electrons. The van der Waals surface area contributed by atoms with Crippen LogP contribution < -0.4 is 10.1 Å². The average molecular weight is 361 g/mol. The van der Waals surface area contributed by atoms with E-state index in [-0.39, 0.29) is 23.8 Å². The van der Waals surface area contributed by atoms with E-state index in [9.17, 15) is 14.4 Å². The van der Waals surface area contributed by atoms with Gasteiger partial charge in [-0.1, -0.05) is 12.8 Å². The number of esters is 2. The van der Waals surface area contributed by atoms with Gasteiger partial charge in [0.2, 0.25) is 5.91 Å². The Morgan fingerprint density at radius 1 is 1.08 bits per heavy atom. The van der Waals surface area contributed by atoms with Crippen LogP contribution in [0, 0.1) is 5.41 Å². The molecule has 0 heterocycles. The quantitative estimate of drug-likeness (QED) is 0.643. The molecule has 1 aliphatic rings. The van der Waals surface area contributed by atoms with Crippen molar-refractivity contribution in [1.29, 1.82) is 0 Å². The Hall–Kier alpha value is -2.37. The van der Waals surface area contributed by atoms with Gasteiger partial charge in [0, 0.05) is 12.0 Å². The molecule has 0 radical (unpaired) electrons. The normalized spacial score (nSPS) is 16.0. The SMILES string of the molecule is COC(=O)c1ccc(OC(=O)C2(CC(=O)NC(C)(C)C)CCCC2)cc1. The Morgan fingerprint density at radius 3 is 2.15 bits per heavy atom. The van der Waals surface area contributed by atoms with Gasteiger partial charge in [-0.2, -0.15) is 0 Å². The summed E-state index contributed by atoms with van der Waals surface area (Å²) in [5, 5.41) is 2.92. The zero-order valence-corrected chi connectivity index (χ0v) is 15.9. The molecule has 1 aromatic rings. The minimum atomic E-state index is -0.781. The van der Waals surface area contributed by atoms with Crippen molar-refractivity contribution >= 4 is 17.8 Å². The predicted molar refractivity (Wildman–Crippen MR) is 96.8 cm³/mol. The third kappa shape index (κ3) is 5.07. The first-order chi connectivity index (χ1) is 12.1. The lowest BCUT2D eigenvalue weighted by molar-refractivity contribution is -0.149. The van der Waals surface area contributed by atoms with E-state index in [2.05, 4.69) is 10.1 Å². The summed E-state index contributed by atoms with van der Waals surface area (Å²) in [6, 6.07) is 6.20. The standard InChI is InChI=1S/C20H27NO5/c1-19(2,3)21-16(22)13-20(11-5-6-12-20)18(24)26-15-9-7-14(8-10-15)17(23)25-4/h7-10H,5-6,11-13H2,1-4H3,(H,21,22). The van der Waals surface area contributed by atoms with E-state index in [1.807, 2.05) is 20.8 Å².